The van der Waals surface area contributed by atoms with E-state index in [-0.39, 0.29) is 5.41 Å². The summed E-state index contributed by atoms with van der Waals surface area (Å²) >= 11 is 9.95. The lowest BCUT2D eigenvalue weighted by Crippen LogP contribution is -2.28. The standard InChI is InChI=1S/C8H10Br3N3O/c1-8(2,3)6(13-15)14-5(10)4(9)12-7(14)11/h15H,1-3H3/b13-6+. The molecule has 0 unspecified atom stereocenters. The van der Waals surface area contributed by atoms with Crippen LogP contribution in [-0.2, 0) is 0 Å². The first-order valence-corrected chi connectivity index (χ1v) is 6.49. The zero-order valence-corrected chi connectivity index (χ0v) is 13.2. The molecule has 1 heterocycles. The zero-order valence-electron chi connectivity index (χ0n) is 8.42. The van der Waals surface area contributed by atoms with Crippen LogP contribution in [0.2, 0.25) is 0 Å². The third kappa shape index (κ3) is 2.62. The molecule has 0 saturated carbocycles. The minimum absolute atomic E-state index is 0.292. The minimum atomic E-state index is -0.292. The molecule has 0 radical (unpaired) electrons. The summed E-state index contributed by atoms with van der Waals surface area (Å²) in [5, 5.41) is 12.4. The summed E-state index contributed by atoms with van der Waals surface area (Å²) in [7, 11) is 0. The quantitative estimate of drug-likeness (QED) is 0.309. The maximum atomic E-state index is 9.06. The van der Waals surface area contributed by atoms with Gasteiger partial charge in [0, 0.05) is 5.41 Å². The topological polar surface area (TPSA) is 50.4 Å². The van der Waals surface area contributed by atoms with E-state index in [1.54, 1.807) is 4.57 Å². The first kappa shape index (κ1) is 13.2. The van der Waals surface area contributed by atoms with Crippen molar-refractivity contribution in [3.8, 4) is 0 Å². The summed E-state index contributed by atoms with van der Waals surface area (Å²) in [5.41, 5.74) is -0.292. The Hall–Kier alpha value is 0.120. The highest BCUT2D eigenvalue weighted by Gasteiger charge is 2.26. The highest BCUT2D eigenvalue weighted by atomic mass is 79.9. The van der Waals surface area contributed by atoms with Gasteiger partial charge in [-0.05, 0) is 47.8 Å². The molecule has 0 saturated heterocycles. The van der Waals surface area contributed by atoms with E-state index in [2.05, 4.69) is 57.9 Å². The van der Waals surface area contributed by atoms with Crippen molar-refractivity contribution in [1.82, 2.24) is 9.55 Å². The Bertz CT molecular complexity index is 406. The molecule has 15 heavy (non-hydrogen) atoms. The van der Waals surface area contributed by atoms with Crippen LogP contribution < -0.4 is 0 Å². The molecule has 0 aromatic carbocycles. The van der Waals surface area contributed by atoms with Gasteiger partial charge >= 0.3 is 0 Å². The molecule has 84 valence electrons. The molecule has 1 aromatic rings. The molecular weight excluding hydrogens is 394 g/mol. The predicted octanol–water partition coefficient (Wildman–Crippen LogP) is 3.85. The zero-order chi connectivity index (χ0) is 11.8. The number of hydrogen-bond acceptors (Lipinski definition) is 3. The Morgan fingerprint density at radius 1 is 1.33 bits per heavy atom. The second-order valence-electron chi connectivity index (χ2n) is 3.97. The molecule has 0 atom stereocenters. The second kappa shape index (κ2) is 4.55. The molecule has 0 aliphatic rings. The van der Waals surface area contributed by atoms with Gasteiger partial charge in [0.05, 0.1) is 0 Å². The molecule has 0 amide bonds. The highest BCUT2D eigenvalue weighted by molar-refractivity contribution is 9.13. The monoisotopic (exact) mass is 401 g/mol. The molecule has 1 N–H and O–H groups in total. The number of halogens is 3. The Kier molecular flexibility index (Phi) is 4.00. The van der Waals surface area contributed by atoms with E-state index in [9.17, 15) is 0 Å². The van der Waals surface area contributed by atoms with Crippen molar-refractivity contribution in [1.29, 1.82) is 0 Å². The molecule has 0 bridgehead atoms. The Morgan fingerprint density at radius 2 is 1.87 bits per heavy atom. The van der Waals surface area contributed by atoms with Gasteiger partial charge in [-0.1, -0.05) is 25.9 Å². The van der Waals surface area contributed by atoms with Gasteiger partial charge in [0.25, 0.3) is 0 Å². The predicted molar refractivity (Wildman–Crippen MR) is 69.4 cm³/mol. The van der Waals surface area contributed by atoms with Crippen molar-refractivity contribution in [2.75, 3.05) is 0 Å². The van der Waals surface area contributed by atoms with E-state index in [1.165, 1.54) is 0 Å². The SMILES string of the molecule is CC(C)(C)/C(=N\O)n1c(Br)nc(Br)c1Br. The summed E-state index contributed by atoms with van der Waals surface area (Å²) in [5.74, 6) is 0.499. The lowest BCUT2D eigenvalue weighted by Gasteiger charge is -2.21. The lowest BCUT2D eigenvalue weighted by atomic mass is 9.95. The van der Waals surface area contributed by atoms with E-state index in [0.717, 1.165) is 0 Å². The molecule has 0 aliphatic heterocycles. The van der Waals surface area contributed by atoms with Crippen molar-refractivity contribution < 1.29 is 5.21 Å². The van der Waals surface area contributed by atoms with Gasteiger partial charge in [-0.3, -0.25) is 4.57 Å². The highest BCUT2D eigenvalue weighted by Crippen LogP contribution is 2.30. The largest absolute Gasteiger partial charge is 0.409 e. The summed E-state index contributed by atoms with van der Waals surface area (Å²) < 4.78 is 3.62. The van der Waals surface area contributed by atoms with Crippen LogP contribution in [0.25, 0.3) is 0 Å². The van der Waals surface area contributed by atoms with Gasteiger partial charge in [-0.25, -0.2) is 4.98 Å². The van der Waals surface area contributed by atoms with Crippen LogP contribution in [0.4, 0.5) is 0 Å². The third-order valence-corrected chi connectivity index (χ3v) is 4.07. The number of aromatic nitrogens is 2. The maximum absolute atomic E-state index is 9.06. The van der Waals surface area contributed by atoms with Gasteiger partial charge in [-0.15, -0.1) is 0 Å². The summed E-state index contributed by atoms with van der Waals surface area (Å²) in [6.45, 7) is 5.86. The van der Waals surface area contributed by atoms with Gasteiger partial charge in [0.2, 0.25) is 0 Å². The van der Waals surface area contributed by atoms with Gasteiger partial charge in [-0.2, -0.15) is 0 Å². The Labute approximate surface area is 113 Å². The van der Waals surface area contributed by atoms with Crippen LogP contribution in [0.15, 0.2) is 19.1 Å². The fourth-order valence-corrected chi connectivity index (χ4v) is 2.83. The van der Waals surface area contributed by atoms with E-state index >= 15 is 0 Å². The lowest BCUT2D eigenvalue weighted by molar-refractivity contribution is 0.307. The van der Waals surface area contributed by atoms with E-state index in [1.807, 2.05) is 20.8 Å². The maximum Gasteiger partial charge on any atom is 0.184 e. The van der Waals surface area contributed by atoms with Crippen molar-refractivity contribution in [3.63, 3.8) is 0 Å². The van der Waals surface area contributed by atoms with Crippen molar-refractivity contribution in [3.05, 3.63) is 13.9 Å². The number of hydrogen-bond donors (Lipinski definition) is 1. The van der Waals surface area contributed by atoms with Crippen LogP contribution in [0.3, 0.4) is 0 Å². The molecule has 0 aliphatic carbocycles. The molecule has 1 rings (SSSR count). The summed E-state index contributed by atoms with van der Waals surface area (Å²) in [4.78, 5) is 4.15. The van der Waals surface area contributed by atoms with Crippen LogP contribution in [0, 0.1) is 5.41 Å². The van der Waals surface area contributed by atoms with E-state index in [0.29, 0.717) is 19.8 Å². The van der Waals surface area contributed by atoms with Crippen LogP contribution in [0.5, 0.6) is 0 Å². The number of imidazole rings is 1. The van der Waals surface area contributed by atoms with Crippen LogP contribution >= 0.6 is 47.8 Å². The van der Waals surface area contributed by atoms with Gasteiger partial charge in [0.1, 0.15) is 9.21 Å². The summed E-state index contributed by atoms with van der Waals surface area (Å²) in [6, 6.07) is 0. The number of rotatable bonds is 0. The Morgan fingerprint density at radius 3 is 2.13 bits per heavy atom. The average molecular weight is 404 g/mol. The molecule has 0 fully saturated rings. The fraction of sp³-hybridized carbons (Fsp3) is 0.500. The van der Waals surface area contributed by atoms with Crippen molar-refractivity contribution >= 4 is 53.6 Å². The van der Waals surface area contributed by atoms with Gasteiger partial charge in [0.15, 0.2) is 10.6 Å². The fourth-order valence-electron chi connectivity index (χ4n) is 1.06. The number of nitrogens with zero attached hydrogens (tertiary/aromatic N) is 3. The van der Waals surface area contributed by atoms with Crippen LogP contribution in [0.1, 0.15) is 20.8 Å². The first-order valence-electron chi connectivity index (χ1n) is 4.11. The smallest absolute Gasteiger partial charge is 0.184 e. The molecule has 1 aromatic heterocycles. The molecular formula is C8H10Br3N3O. The minimum Gasteiger partial charge on any atom is -0.409 e. The van der Waals surface area contributed by atoms with Gasteiger partial charge < -0.3 is 5.21 Å². The van der Waals surface area contributed by atoms with Crippen molar-refractivity contribution in [2.24, 2.45) is 10.6 Å². The van der Waals surface area contributed by atoms with Crippen molar-refractivity contribution in [2.45, 2.75) is 20.8 Å². The second-order valence-corrected chi connectivity index (χ2v) is 6.18. The average Bonchev–Trinajstić information content (AvgIpc) is 2.30. The molecule has 0 spiro atoms. The van der Waals surface area contributed by atoms with Crippen LogP contribution in [-0.4, -0.2) is 20.6 Å². The van der Waals surface area contributed by atoms with E-state index < -0.39 is 0 Å². The van der Waals surface area contributed by atoms with E-state index in [4.69, 9.17) is 5.21 Å². The molecule has 4 nitrogen and oxygen atoms in total. The first-order chi connectivity index (χ1) is 6.79. The summed E-state index contributed by atoms with van der Waals surface area (Å²) in [6.07, 6.45) is 0. The number of oxime groups is 1. The molecule has 7 heteroatoms. The normalized spacial score (nSPS) is 13.3. The Balaban J connectivity index is 3.38. The third-order valence-electron chi connectivity index (χ3n) is 1.72.